The molecule has 5 nitrogen and oxygen atoms in total. The van der Waals surface area contributed by atoms with Crippen molar-refractivity contribution >= 4 is 29.2 Å². The van der Waals surface area contributed by atoms with Gasteiger partial charge in [-0.05, 0) is 48.9 Å². The topological polar surface area (TPSA) is 76.7 Å². The highest BCUT2D eigenvalue weighted by atomic mass is 35.5. The number of aromatic nitrogens is 3. The highest BCUT2D eigenvalue weighted by Gasteiger charge is 2.10. The molecule has 3 N–H and O–H groups in total. The molecule has 1 heterocycles. The van der Waals surface area contributed by atoms with E-state index >= 15 is 0 Å². The van der Waals surface area contributed by atoms with E-state index in [4.69, 9.17) is 23.8 Å². The smallest absolute Gasteiger partial charge is 0.232 e. The molecule has 6 heteroatoms. The van der Waals surface area contributed by atoms with Gasteiger partial charge in [0.15, 0.2) is 5.82 Å². The number of nitrogen functional groups attached to an aromatic ring is 1. The first-order chi connectivity index (χ1) is 11.5. The Kier molecular flexibility index (Phi) is 4.32. The van der Waals surface area contributed by atoms with Gasteiger partial charge in [-0.15, -0.1) is 6.42 Å². The van der Waals surface area contributed by atoms with Crippen molar-refractivity contribution < 1.29 is 0 Å². The highest BCUT2D eigenvalue weighted by Crippen LogP contribution is 2.25. The van der Waals surface area contributed by atoms with Crippen LogP contribution in [0.25, 0.3) is 11.4 Å². The van der Waals surface area contributed by atoms with E-state index in [1.54, 1.807) is 6.07 Å². The van der Waals surface area contributed by atoms with E-state index in [2.05, 4.69) is 26.2 Å². The Morgan fingerprint density at radius 2 is 1.83 bits per heavy atom. The van der Waals surface area contributed by atoms with Crippen LogP contribution in [-0.4, -0.2) is 15.0 Å². The van der Waals surface area contributed by atoms with Gasteiger partial charge < -0.3 is 11.1 Å². The number of nitrogens with one attached hydrogen (secondary N) is 1. The van der Waals surface area contributed by atoms with Crippen molar-refractivity contribution in [3.8, 4) is 23.7 Å². The predicted molar refractivity (Wildman–Crippen MR) is 97.1 cm³/mol. The third-order valence-corrected chi connectivity index (χ3v) is 3.64. The quantitative estimate of drug-likeness (QED) is 0.712. The van der Waals surface area contributed by atoms with Crippen molar-refractivity contribution in [2.45, 2.75) is 6.92 Å². The average molecular weight is 336 g/mol. The van der Waals surface area contributed by atoms with Crippen molar-refractivity contribution in [2.75, 3.05) is 11.1 Å². The van der Waals surface area contributed by atoms with Crippen LogP contribution in [0.2, 0.25) is 5.02 Å². The zero-order valence-electron chi connectivity index (χ0n) is 12.9. The molecule has 0 saturated heterocycles. The van der Waals surface area contributed by atoms with E-state index in [9.17, 15) is 0 Å². The van der Waals surface area contributed by atoms with E-state index in [1.165, 1.54) is 0 Å². The molecule has 0 unspecified atom stereocenters. The number of aryl methyl sites for hydroxylation is 1. The van der Waals surface area contributed by atoms with Crippen molar-refractivity contribution in [3.05, 3.63) is 58.6 Å². The Labute approximate surface area is 144 Å². The SMILES string of the molecule is C#Cc1ccc(Nc2nc(N)nc(-c3cc(Cl)ccc3C)n2)cc1. The first kappa shape index (κ1) is 15.8. The third kappa shape index (κ3) is 3.45. The molecule has 0 bridgehead atoms. The van der Waals surface area contributed by atoms with E-state index in [-0.39, 0.29) is 5.95 Å². The van der Waals surface area contributed by atoms with Crippen LogP contribution in [0.1, 0.15) is 11.1 Å². The number of anilines is 3. The fourth-order valence-electron chi connectivity index (χ4n) is 2.18. The van der Waals surface area contributed by atoms with Crippen LogP contribution in [-0.2, 0) is 0 Å². The maximum Gasteiger partial charge on any atom is 0.232 e. The molecule has 0 fully saturated rings. The van der Waals surface area contributed by atoms with Gasteiger partial charge in [0, 0.05) is 21.8 Å². The second kappa shape index (κ2) is 6.57. The van der Waals surface area contributed by atoms with Crippen LogP contribution in [0, 0.1) is 19.3 Å². The molecule has 0 atom stereocenters. The summed E-state index contributed by atoms with van der Waals surface area (Å²) >= 11 is 6.07. The zero-order valence-corrected chi connectivity index (χ0v) is 13.7. The van der Waals surface area contributed by atoms with E-state index in [0.717, 1.165) is 22.4 Å². The largest absolute Gasteiger partial charge is 0.368 e. The van der Waals surface area contributed by atoms with Crippen LogP contribution >= 0.6 is 11.6 Å². The molecule has 1 aromatic heterocycles. The van der Waals surface area contributed by atoms with Crippen molar-refractivity contribution in [2.24, 2.45) is 0 Å². The summed E-state index contributed by atoms with van der Waals surface area (Å²) in [5, 5.41) is 3.70. The Bertz CT molecular complexity index is 929. The number of benzene rings is 2. The first-order valence-corrected chi connectivity index (χ1v) is 7.55. The number of nitrogens with zero attached hydrogens (tertiary/aromatic N) is 3. The van der Waals surface area contributed by atoms with E-state index in [1.807, 2.05) is 43.3 Å². The third-order valence-electron chi connectivity index (χ3n) is 3.40. The van der Waals surface area contributed by atoms with Gasteiger partial charge >= 0.3 is 0 Å². The maximum atomic E-state index is 6.07. The second-order valence-corrected chi connectivity index (χ2v) is 5.58. The minimum absolute atomic E-state index is 0.127. The first-order valence-electron chi connectivity index (χ1n) is 7.17. The molecule has 0 aliphatic rings. The summed E-state index contributed by atoms with van der Waals surface area (Å²) in [7, 11) is 0. The molecule has 2 aromatic carbocycles. The summed E-state index contributed by atoms with van der Waals surface area (Å²) in [6, 6.07) is 12.9. The van der Waals surface area contributed by atoms with Gasteiger partial charge in [-0.1, -0.05) is 23.6 Å². The molecule has 0 aliphatic heterocycles. The molecule has 3 aromatic rings. The molecule has 0 amide bonds. The van der Waals surface area contributed by atoms with Crippen molar-refractivity contribution in [1.82, 2.24) is 15.0 Å². The van der Waals surface area contributed by atoms with Gasteiger partial charge in [0.2, 0.25) is 11.9 Å². The highest BCUT2D eigenvalue weighted by molar-refractivity contribution is 6.30. The molecule has 0 spiro atoms. The van der Waals surface area contributed by atoms with Crippen LogP contribution in [0.5, 0.6) is 0 Å². The van der Waals surface area contributed by atoms with Gasteiger partial charge in [-0.25, -0.2) is 0 Å². The molecule has 118 valence electrons. The standard InChI is InChI=1S/C18H14ClN5/c1-3-12-5-8-14(9-6-12)21-18-23-16(22-17(20)24-18)15-10-13(19)7-4-11(15)2/h1,4-10H,2H3,(H3,20,21,22,23,24). The van der Waals surface area contributed by atoms with Crippen molar-refractivity contribution in [1.29, 1.82) is 0 Å². The van der Waals surface area contributed by atoms with Crippen LogP contribution in [0.15, 0.2) is 42.5 Å². The predicted octanol–water partition coefficient (Wildman–Crippen LogP) is 3.81. The fraction of sp³-hybridized carbons (Fsp3) is 0.0556. The molecule has 0 radical (unpaired) electrons. The Morgan fingerprint density at radius 1 is 1.08 bits per heavy atom. The summed E-state index contributed by atoms with van der Waals surface area (Å²) in [5.41, 5.74) is 9.22. The number of hydrogen-bond acceptors (Lipinski definition) is 5. The number of nitrogens with two attached hydrogens (primary N) is 1. The summed E-state index contributed by atoms with van der Waals surface area (Å²) in [6.07, 6.45) is 5.35. The Balaban J connectivity index is 1.96. The van der Waals surface area contributed by atoms with Gasteiger partial charge in [0.25, 0.3) is 0 Å². The van der Waals surface area contributed by atoms with Crippen LogP contribution < -0.4 is 11.1 Å². The van der Waals surface area contributed by atoms with Gasteiger partial charge in [-0.2, -0.15) is 15.0 Å². The second-order valence-electron chi connectivity index (χ2n) is 5.15. The molecule has 0 aliphatic carbocycles. The van der Waals surface area contributed by atoms with E-state index < -0.39 is 0 Å². The number of rotatable bonds is 3. The van der Waals surface area contributed by atoms with Gasteiger partial charge in [-0.3, -0.25) is 0 Å². The zero-order chi connectivity index (χ0) is 17.1. The summed E-state index contributed by atoms with van der Waals surface area (Å²) < 4.78 is 0. The summed E-state index contributed by atoms with van der Waals surface area (Å²) in [5.74, 6) is 3.51. The monoisotopic (exact) mass is 335 g/mol. The minimum atomic E-state index is 0.127. The normalized spacial score (nSPS) is 10.2. The summed E-state index contributed by atoms with van der Waals surface area (Å²) in [6.45, 7) is 1.96. The lowest BCUT2D eigenvalue weighted by atomic mass is 10.1. The number of hydrogen-bond donors (Lipinski definition) is 2. The Morgan fingerprint density at radius 3 is 2.54 bits per heavy atom. The summed E-state index contributed by atoms with van der Waals surface area (Å²) in [4.78, 5) is 12.8. The molecule has 0 saturated carbocycles. The number of terminal acetylenes is 1. The lowest BCUT2D eigenvalue weighted by molar-refractivity contribution is 1.07. The lowest BCUT2D eigenvalue weighted by Crippen LogP contribution is -2.05. The fourth-order valence-corrected chi connectivity index (χ4v) is 2.35. The molecular weight excluding hydrogens is 322 g/mol. The van der Waals surface area contributed by atoms with Crippen molar-refractivity contribution in [3.63, 3.8) is 0 Å². The lowest BCUT2D eigenvalue weighted by Gasteiger charge is -2.09. The van der Waals surface area contributed by atoms with Gasteiger partial charge in [0.1, 0.15) is 0 Å². The van der Waals surface area contributed by atoms with Crippen LogP contribution in [0.3, 0.4) is 0 Å². The van der Waals surface area contributed by atoms with E-state index in [0.29, 0.717) is 16.8 Å². The molecule has 3 rings (SSSR count). The minimum Gasteiger partial charge on any atom is -0.368 e. The van der Waals surface area contributed by atoms with Gasteiger partial charge in [0.05, 0.1) is 0 Å². The maximum absolute atomic E-state index is 6.07. The number of halogens is 1. The average Bonchev–Trinajstić information content (AvgIpc) is 2.57. The Hall–Kier alpha value is -3.10. The molecular formula is C18H14ClN5. The van der Waals surface area contributed by atoms with Crippen LogP contribution in [0.4, 0.5) is 17.6 Å². The molecule has 24 heavy (non-hydrogen) atoms.